The minimum Gasteiger partial charge on any atom is -0.466 e. The minimum atomic E-state index is -0.395. The van der Waals surface area contributed by atoms with Crippen molar-refractivity contribution < 1.29 is 14.6 Å². The van der Waals surface area contributed by atoms with Gasteiger partial charge in [-0.3, -0.25) is 0 Å². The molecule has 0 saturated heterocycles. The third-order valence-corrected chi connectivity index (χ3v) is 1.11. The monoisotopic (exact) mass is 144 g/mol. The predicted octanol–water partition coefficient (Wildman–Crippen LogP) is 0.488. The zero-order chi connectivity index (χ0) is 7.98. The summed E-state index contributed by atoms with van der Waals surface area (Å²) >= 11 is 0. The highest BCUT2D eigenvalue weighted by Crippen LogP contribution is 2.02. The van der Waals surface area contributed by atoms with Crippen molar-refractivity contribution in [3.05, 3.63) is 12.2 Å². The van der Waals surface area contributed by atoms with Gasteiger partial charge in [-0.25, -0.2) is 4.79 Å². The summed E-state index contributed by atoms with van der Waals surface area (Å²) in [6.07, 6.45) is 1.07. The molecule has 10 heavy (non-hydrogen) atoms. The number of carbonyl (C=O) groups is 1. The van der Waals surface area contributed by atoms with E-state index in [-0.39, 0.29) is 6.61 Å². The zero-order valence-corrected chi connectivity index (χ0v) is 6.09. The molecule has 0 atom stereocenters. The van der Waals surface area contributed by atoms with Gasteiger partial charge in [0.05, 0.1) is 7.11 Å². The van der Waals surface area contributed by atoms with Gasteiger partial charge in [0.1, 0.15) is 0 Å². The summed E-state index contributed by atoms with van der Waals surface area (Å²) in [4.78, 5) is 10.6. The second-order valence-electron chi connectivity index (χ2n) is 1.92. The Balaban J connectivity index is 3.52. The molecule has 0 aliphatic carbocycles. The Morgan fingerprint density at radius 3 is 2.70 bits per heavy atom. The van der Waals surface area contributed by atoms with Gasteiger partial charge in [0.2, 0.25) is 0 Å². The van der Waals surface area contributed by atoms with Crippen molar-refractivity contribution in [2.75, 3.05) is 13.7 Å². The van der Waals surface area contributed by atoms with Crippen LogP contribution in [0.2, 0.25) is 0 Å². The lowest BCUT2D eigenvalue weighted by atomic mass is 10.2. The molecular weight excluding hydrogens is 132 g/mol. The Hall–Kier alpha value is -0.830. The van der Waals surface area contributed by atoms with Crippen molar-refractivity contribution in [2.24, 2.45) is 0 Å². The highest BCUT2D eigenvalue weighted by molar-refractivity contribution is 5.87. The fourth-order valence-electron chi connectivity index (χ4n) is 0.539. The van der Waals surface area contributed by atoms with Crippen molar-refractivity contribution in [1.82, 2.24) is 0 Å². The van der Waals surface area contributed by atoms with E-state index in [1.165, 1.54) is 7.11 Å². The summed E-state index contributed by atoms with van der Waals surface area (Å²) in [6.45, 7) is 3.56. The molecule has 0 aromatic rings. The number of aliphatic hydroxyl groups is 1. The summed E-state index contributed by atoms with van der Waals surface area (Å²) in [5, 5.41) is 8.38. The Kier molecular flexibility index (Phi) is 4.58. The molecule has 0 spiro atoms. The highest BCUT2D eigenvalue weighted by atomic mass is 16.5. The van der Waals surface area contributed by atoms with Crippen LogP contribution < -0.4 is 0 Å². The van der Waals surface area contributed by atoms with E-state index in [0.717, 1.165) is 0 Å². The maximum atomic E-state index is 10.6. The molecule has 0 amide bonds. The van der Waals surface area contributed by atoms with Crippen LogP contribution in [0, 0.1) is 0 Å². The number of hydrogen-bond acceptors (Lipinski definition) is 3. The fourth-order valence-corrected chi connectivity index (χ4v) is 0.539. The third-order valence-electron chi connectivity index (χ3n) is 1.11. The average molecular weight is 144 g/mol. The number of carbonyl (C=O) groups excluding carboxylic acids is 1. The van der Waals surface area contributed by atoms with Gasteiger partial charge in [0, 0.05) is 12.2 Å². The average Bonchev–Trinajstić information content (AvgIpc) is 1.98. The lowest BCUT2D eigenvalue weighted by Gasteiger charge is -1.99. The molecule has 0 radical (unpaired) electrons. The summed E-state index contributed by atoms with van der Waals surface area (Å²) in [5.41, 5.74) is 0.413. The lowest BCUT2D eigenvalue weighted by Crippen LogP contribution is -2.03. The Morgan fingerprint density at radius 1 is 1.70 bits per heavy atom. The number of ether oxygens (including phenoxy) is 1. The van der Waals surface area contributed by atoms with E-state index in [4.69, 9.17) is 5.11 Å². The van der Waals surface area contributed by atoms with Crippen molar-refractivity contribution in [1.29, 1.82) is 0 Å². The molecule has 3 nitrogen and oxygen atoms in total. The third kappa shape index (κ3) is 3.25. The first-order valence-corrected chi connectivity index (χ1v) is 3.09. The number of hydrogen-bond donors (Lipinski definition) is 1. The van der Waals surface area contributed by atoms with Crippen molar-refractivity contribution >= 4 is 5.97 Å². The van der Waals surface area contributed by atoms with Gasteiger partial charge in [-0.05, 0) is 12.8 Å². The predicted molar refractivity (Wildman–Crippen MR) is 37.5 cm³/mol. The Bertz CT molecular complexity index is 129. The van der Waals surface area contributed by atoms with Crippen LogP contribution in [0.5, 0.6) is 0 Å². The van der Waals surface area contributed by atoms with Crippen LogP contribution in [0.4, 0.5) is 0 Å². The molecule has 3 heteroatoms. The van der Waals surface area contributed by atoms with Crippen LogP contribution in [0.25, 0.3) is 0 Å². The largest absolute Gasteiger partial charge is 0.466 e. The molecule has 58 valence electrons. The number of rotatable bonds is 4. The molecule has 0 aromatic heterocycles. The second kappa shape index (κ2) is 4.99. The van der Waals surface area contributed by atoms with E-state index in [1.54, 1.807) is 0 Å². The van der Waals surface area contributed by atoms with Gasteiger partial charge in [-0.15, -0.1) is 0 Å². The fraction of sp³-hybridized carbons (Fsp3) is 0.571. The minimum absolute atomic E-state index is 0.0794. The first-order valence-electron chi connectivity index (χ1n) is 3.09. The zero-order valence-electron chi connectivity index (χ0n) is 6.09. The molecule has 0 aliphatic rings. The molecule has 0 rings (SSSR count). The number of methoxy groups -OCH3 is 1. The van der Waals surface area contributed by atoms with E-state index in [9.17, 15) is 4.79 Å². The van der Waals surface area contributed by atoms with Crippen molar-refractivity contribution in [3.63, 3.8) is 0 Å². The van der Waals surface area contributed by atoms with Crippen molar-refractivity contribution in [2.45, 2.75) is 12.8 Å². The van der Waals surface area contributed by atoms with E-state index in [0.29, 0.717) is 18.4 Å². The quantitative estimate of drug-likeness (QED) is 0.461. The standard InChI is InChI=1S/C7H12O3/c1-6(4-3-5-8)7(9)10-2/h8H,1,3-5H2,2H3. The van der Waals surface area contributed by atoms with E-state index in [1.807, 2.05) is 0 Å². The first kappa shape index (κ1) is 9.17. The molecule has 0 saturated carbocycles. The summed E-state index contributed by atoms with van der Waals surface area (Å²) in [5.74, 6) is -0.395. The summed E-state index contributed by atoms with van der Waals surface area (Å²) < 4.78 is 4.39. The number of esters is 1. The van der Waals surface area contributed by atoms with Gasteiger partial charge in [-0.1, -0.05) is 6.58 Å². The second-order valence-corrected chi connectivity index (χ2v) is 1.92. The van der Waals surface area contributed by atoms with Gasteiger partial charge in [0.15, 0.2) is 0 Å². The van der Waals surface area contributed by atoms with Gasteiger partial charge >= 0.3 is 5.97 Å². The highest BCUT2D eigenvalue weighted by Gasteiger charge is 2.04. The maximum Gasteiger partial charge on any atom is 0.333 e. The topological polar surface area (TPSA) is 46.5 Å². The van der Waals surface area contributed by atoms with Crippen LogP contribution >= 0.6 is 0 Å². The number of aliphatic hydroxyl groups excluding tert-OH is 1. The van der Waals surface area contributed by atoms with Crippen molar-refractivity contribution in [3.8, 4) is 0 Å². The van der Waals surface area contributed by atoms with E-state index >= 15 is 0 Å². The van der Waals surface area contributed by atoms with E-state index in [2.05, 4.69) is 11.3 Å². The molecule has 1 N–H and O–H groups in total. The molecule has 0 heterocycles. The van der Waals surface area contributed by atoms with Crippen LogP contribution in [0.3, 0.4) is 0 Å². The molecule has 0 aliphatic heterocycles. The summed E-state index contributed by atoms with van der Waals surface area (Å²) in [7, 11) is 1.31. The Morgan fingerprint density at radius 2 is 2.30 bits per heavy atom. The molecule has 0 fully saturated rings. The SMILES string of the molecule is C=C(CCCO)C(=O)OC. The van der Waals surface area contributed by atoms with Gasteiger partial charge in [-0.2, -0.15) is 0 Å². The summed E-state index contributed by atoms with van der Waals surface area (Å²) in [6, 6.07) is 0. The normalized spacial score (nSPS) is 9.00. The van der Waals surface area contributed by atoms with Crippen LogP contribution in [0.1, 0.15) is 12.8 Å². The van der Waals surface area contributed by atoms with Crippen LogP contribution in [-0.4, -0.2) is 24.8 Å². The molecule has 0 aromatic carbocycles. The molecular formula is C7H12O3. The lowest BCUT2D eigenvalue weighted by molar-refractivity contribution is -0.136. The first-order chi connectivity index (χ1) is 4.72. The Labute approximate surface area is 60.3 Å². The molecule has 0 unspecified atom stereocenters. The maximum absolute atomic E-state index is 10.6. The van der Waals surface area contributed by atoms with Gasteiger partial charge < -0.3 is 9.84 Å². The molecule has 0 bridgehead atoms. The van der Waals surface area contributed by atoms with Crippen LogP contribution in [-0.2, 0) is 9.53 Å². The van der Waals surface area contributed by atoms with Gasteiger partial charge in [0.25, 0.3) is 0 Å². The smallest absolute Gasteiger partial charge is 0.333 e. The van der Waals surface area contributed by atoms with Crippen LogP contribution in [0.15, 0.2) is 12.2 Å². The van der Waals surface area contributed by atoms with E-state index < -0.39 is 5.97 Å².